The van der Waals surface area contributed by atoms with Crippen LogP contribution in [0, 0.1) is 0 Å². The predicted molar refractivity (Wildman–Crippen MR) is 169 cm³/mol. The summed E-state index contributed by atoms with van der Waals surface area (Å²) in [5.41, 5.74) is 27.6. The van der Waals surface area contributed by atoms with E-state index in [1.165, 1.54) is 48.5 Å². The second kappa shape index (κ2) is 13.9. The lowest BCUT2D eigenvalue weighted by Crippen LogP contribution is -1.99. The Bertz CT molecular complexity index is 1570. The van der Waals surface area contributed by atoms with Crippen LogP contribution in [0.25, 0.3) is 24.3 Å². The third-order valence-corrected chi connectivity index (χ3v) is 6.22. The summed E-state index contributed by atoms with van der Waals surface area (Å²) in [4.78, 5) is 43.3. The Labute approximate surface area is 250 Å². The van der Waals surface area contributed by atoms with E-state index in [1.54, 1.807) is 48.6 Å². The Morgan fingerprint density at radius 1 is 0.386 bits per heavy atom. The quantitative estimate of drug-likeness (QED) is 0.100. The van der Waals surface area contributed by atoms with Gasteiger partial charge >= 0.3 is 23.9 Å². The first-order chi connectivity index (χ1) is 20.8. The fourth-order valence-electron chi connectivity index (χ4n) is 3.80. The summed E-state index contributed by atoms with van der Waals surface area (Å²) in [5.74, 6) is -4.18. The van der Waals surface area contributed by atoms with Gasteiger partial charge in [-0.2, -0.15) is 0 Å². The number of benzene rings is 4. The minimum Gasteiger partial charge on any atom is -0.478 e. The van der Waals surface area contributed by atoms with Gasteiger partial charge in [-0.25, -0.2) is 19.2 Å². The van der Waals surface area contributed by atoms with Gasteiger partial charge < -0.3 is 43.4 Å². The van der Waals surface area contributed by atoms with Crippen LogP contribution in [0.3, 0.4) is 0 Å². The molecule has 0 spiro atoms. The van der Waals surface area contributed by atoms with Crippen molar-refractivity contribution in [2.75, 3.05) is 22.9 Å². The van der Waals surface area contributed by atoms with E-state index in [-0.39, 0.29) is 22.3 Å². The molecule has 0 radical (unpaired) electrons. The maximum absolute atomic E-state index is 10.8. The highest BCUT2D eigenvalue weighted by atomic mass is 16.4. The van der Waals surface area contributed by atoms with Gasteiger partial charge in [0.25, 0.3) is 0 Å². The SMILES string of the molecule is Nc1cc(C(=O)O)ccc1C=Cc1ccc(C(=O)O)cc1N.Nc1cc(C(=O)O)ccc1C=Cc1ccc(C(=O)O)cc1N. The molecule has 4 rings (SSSR count). The highest BCUT2D eigenvalue weighted by molar-refractivity contribution is 5.93. The summed E-state index contributed by atoms with van der Waals surface area (Å²) in [6.07, 6.45) is 6.75. The summed E-state index contributed by atoms with van der Waals surface area (Å²) in [6.45, 7) is 0. The van der Waals surface area contributed by atoms with Crippen LogP contribution in [0.5, 0.6) is 0 Å². The summed E-state index contributed by atoms with van der Waals surface area (Å²) in [6, 6.07) is 17.7. The van der Waals surface area contributed by atoms with Crippen molar-refractivity contribution in [1.82, 2.24) is 0 Å². The normalized spacial score (nSPS) is 10.7. The zero-order valence-electron chi connectivity index (χ0n) is 23.0. The van der Waals surface area contributed by atoms with Crippen LogP contribution in [0.15, 0.2) is 72.8 Å². The van der Waals surface area contributed by atoms with E-state index in [0.717, 1.165) is 0 Å². The average Bonchev–Trinajstić information content (AvgIpc) is 2.96. The van der Waals surface area contributed by atoms with E-state index in [4.69, 9.17) is 43.4 Å². The van der Waals surface area contributed by atoms with E-state index >= 15 is 0 Å². The first-order valence-electron chi connectivity index (χ1n) is 12.6. The minimum absolute atomic E-state index is 0.111. The van der Waals surface area contributed by atoms with Gasteiger partial charge in [0.15, 0.2) is 0 Å². The number of rotatable bonds is 8. The maximum Gasteiger partial charge on any atom is 0.335 e. The van der Waals surface area contributed by atoms with Crippen LogP contribution < -0.4 is 22.9 Å². The Morgan fingerprint density at radius 3 is 0.705 bits per heavy atom. The molecule has 4 aromatic rings. The topological polar surface area (TPSA) is 253 Å². The van der Waals surface area contributed by atoms with Gasteiger partial charge in [0, 0.05) is 22.7 Å². The van der Waals surface area contributed by atoms with Gasteiger partial charge in [-0.05, 0) is 70.8 Å². The lowest BCUT2D eigenvalue weighted by Gasteiger charge is -2.04. The Kier molecular flexibility index (Phi) is 10.1. The van der Waals surface area contributed by atoms with Gasteiger partial charge in [-0.15, -0.1) is 0 Å². The summed E-state index contributed by atoms with van der Waals surface area (Å²) >= 11 is 0. The van der Waals surface area contributed by atoms with Crippen molar-refractivity contribution >= 4 is 70.9 Å². The molecule has 12 heteroatoms. The highest BCUT2D eigenvalue weighted by Gasteiger charge is 2.08. The zero-order valence-corrected chi connectivity index (χ0v) is 23.0. The van der Waals surface area contributed by atoms with Gasteiger partial charge in [-0.3, -0.25) is 0 Å². The molecule has 12 nitrogen and oxygen atoms in total. The van der Waals surface area contributed by atoms with Gasteiger partial charge in [0.2, 0.25) is 0 Å². The molecule has 0 bridgehead atoms. The first kappa shape index (κ1) is 32.0. The fraction of sp³-hybridized carbons (Fsp3) is 0. The molecule has 0 saturated heterocycles. The molecule has 0 heterocycles. The smallest absolute Gasteiger partial charge is 0.335 e. The number of aromatic carboxylic acids is 4. The van der Waals surface area contributed by atoms with E-state index < -0.39 is 23.9 Å². The van der Waals surface area contributed by atoms with Crippen LogP contribution in [0.2, 0.25) is 0 Å². The Balaban J connectivity index is 0.000000240. The monoisotopic (exact) mass is 596 g/mol. The number of carboxylic acids is 4. The van der Waals surface area contributed by atoms with Crippen molar-refractivity contribution in [1.29, 1.82) is 0 Å². The number of anilines is 4. The molecule has 0 saturated carbocycles. The van der Waals surface area contributed by atoms with Crippen molar-refractivity contribution in [3.05, 3.63) is 117 Å². The van der Waals surface area contributed by atoms with Crippen LogP contribution in [-0.2, 0) is 0 Å². The zero-order chi connectivity index (χ0) is 32.6. The highest BCUT2D eigenvalue weighted by Crippen LogP contribution is 2.22. The number of hydrogen-bond donors (Lipinski definition) is 8. The molecule has 4 aromatic carbocycles. The molecule has 0 amide bonds. The molecule has 44 heavy (non-hydrogen) atoms. The fourth-order valence-corrected chi connectivity index (χ4v) is 3.80. The number of nitrogen functional groups attached to an aromatic ring is 4. The summed E-state index contributed by atoms with van der Waals surface area (Å²) in [7, 11) is 0. The Morgan fingerprint density at radius 2 is 0.568 bits per heavy atom. The van der Waals surface area contributed by atoms with Crippen LogP contribution in [-0.4, -0.2) is 44.3 Å². The summed E-state index contributed by atoms with van der Waals surface area (Å²) < 4.78 is 0. The van der Waals surface area contributed by atoms with Crippen LogP contribution in [0.1, 0.15) is 63.7 Å². The second-order valence-corrected chi connectivity index (χ2v) is 9.26. The molecule has 0 unspecified atom stereocenters. The standard InChI is InChI=1S/2C16H14N2O4/c2*17-13-7-11(15(19)20)5-3-9(13)1-2-10-4-6-12(16(21)22)8-14(10)18/h2*1-8H,17-18H2,(H,19,20)(H,21,22). The molecule has 0 aromatic heterocycles. The molecule has 0 aliphatic carbocycles. The lowest BCUT2D eigenvalue weighted by atomic mass is 10.1. The van der Waals surface area contributed by atoms with Gasteiger partial charge in [0.1, 0.15) is 0 Å². The molecule has 0 aliphatic rings. The van der Waals surface area contributed by atoms with Gasteiger partial charge in [-0.1, -0.05) is 48.6 Å². The van der Waals surface area contributed by atoms with E-state index in [1.807, 2.05) is 0 Å². The van der Waals surface area contributed by atoms with E-state index in [9.17, 15) is 19.2 Å². The Hall–Kier alpha value is -6.56. The summed E-state index contributed by atoms with van der Waals surface area (Å²) in [5, 5.41) is 35.5. The molecular formula is C32H28N4O8. The number of hydrogen-bond acceptors (Lipinski definition) is 8. The van der Waals surface area contributed by atoms with E-state index in [2.05, 4.69) is 0 Å². The number of carbonyl (C=O) groups is 4. The van der Waals surface area contributed by atoms with Crippen molar-refractivity contribution in [3.63, 3.8) is 0 Å². The van der Waals surface area contributed by atoms with Gasteiger partial charge in [0.05, 0.1) is 22.3 Å². The predicted octanol–water partition coefficient (Wildman–Crippen LogP) is 4.84. The van der Waals surface area contributed by atoms with Crippen LogP contribution in [0.4, 0.5) is 22.7 Å². The molecule has 0 atom stereocenters. The van der Waals surface area contributed by atoms with Crippen LogP contribution >= 0.6 is 0 Å². The molecule has 224 valence electrons. The van der Waals surface area contributed by atoms with Crippen molar-refractivity contribution in [2.24, 2.45) is 0 Å². The number of nitrogens with two attached hydrogens (primary N) is 4. The maximum atomic E-state index is 10.8. The first-order valence-corrected chi connectivity index (χ1v) is 12.6. The molecule has 0 fully saturated rings. The van der Waals surface area contributed by atoms with Crippen molar-refractivity contribution < 1.29 is 39.6 Å². The third-order valence-electron chi connectivity index (χ3n) is 6.22. The van der Waals surface area contributed by atoms with Crippen molar-refractivity contribution in [3.8, 4) is 0 Å². The molecular weight excluding hydrogens is 568 g/mol. The number of carboxylic acid groups (broad SMARTS) is 4. The van der Waals surface area contributed by atoms with Crippen molar-refractivity contribution in [2.45, 2.75) is 0 Å². The minimum atomic E-state index is -1.05. The lowest BCUT2D eigenvalue weighted by molar-refractivity contribution is 0.0686. The third kappa shape index (κ3) is 8.24. The largest absolute Gasteiger partial charge is 0.478 e. The second-order valence-electron chi connectivity index (χ2n) is 9.26. The molecule has 0 aliphatic heterocycles. The molecule has 12 N–H and O–H groups in total. The average molecular weight is 597 g/mol. The van der Waals surface area contributed by atoms with E-state index in [0.29, 0.717) is 45.0 Å².